The van der Waals surface area contributed by atoms with Crippen molar-refractivity contribution in [1.29, 1.82) is 0 Å². The molecule has 0 atom stereocenters. The van der Waals surface area contributed by atoms with Gasteiger partial charge in [-0.3, -0.25) is 9.97 Å². The van der Waals surface area contributed by atoms with Gasteiger partial charge in [-0.1, -0.05) is 40.4 Å². The third-order valence-corrected chi connectivity index (χ3v) is 5.60. The van der Waals surface area contributed by atoms with Crippen LogP contribution in [0.25, 0.3) is 11.3 Å². The van der Waals surface area contributed by atoms with Crippen molar-refractivity contribution in [2.24, 2.45) is 5.41 Å². The van der Waals surface area contributed by atoms with E-state index in [-0.39, 0.29) is 5.69 Å². The molecule has 0 fully saturated rings. The van der Waals surface area contributed by atoms with Gasteiger partial charge in [0.05, 0.1) is 13.8 Å². The Bertz CT molecular complexity index is 878. The molecule has 0 spiro atoms. The lowest BCUT2D eigenvalue weighted by atomic mass is 9.88. The number of hydrogen-bond acceptors (Lipinski definition) is 2. The number of aromatic nitrogens is 2. The van der Waals surface area contributed by atoms with Crippen LogP contribution in [-0.2, 0) is 6.37 Å². The van der Waals surface area contributed by atoms with Gasteiger partial charge in [-0.25, -0.2) is 0 Å². The fraction of sp³-hybridized carbons (Fsp3) is 0.500. The van der Waals surface area contributed by atoms with Crippen molar-refractivity contribution >= 4 is 13.3 Å². The van der Waals surface area contributed by atoms with Crippen LogP contribution in [0.2, 0.25) is 19.6 Å². The predicted octanol–water partition coefficient (Wildman–Crippen LogP) is 4.89. The first-order valence-corrected chi connectivity index (χ1v) is 11.5. The highest BCUT2D eigenvalue weighted by atomic mass is 28.3. The van der Waals surface area contributed by atoms with Crippen LogP contribution >= 0.6 is 0 Å². The minimum Gasteiger partial charge on any atom is -0.258 e. The molecule has 0 N–H and O–H groups in total. The maximum Gasteiger partial charge on any atom is 0.0799 e. The average Bonchev–Trinajstić information content (AvgIpc) is 2.51. The summed E-state index contributed by atoms with van der Waals surface area (Å²) >= 11 is 0. The molecule has 2 rings (SSSR count). The Hall–Kier alpha value is -1.48. The fourth-order valence-electron chi connectivity index (χ4n) is 2.54. The van der Waals surface area contributed by atoms with Crippen molar-refractivity contribution in [3.05, 3.63) is 41.3 Å². The normalized spacial score (nSPS) is 16.9. The first-order valence-electron chi connectivity index (χ1n) is 10.5. The third kappa shape index (κ3) is 4.50. The summed E-state index contributed by atoms with van der Waals surface area (Å²) in [6.07, 6.45) is 0.262. The zero-order valence-electron chi connectivity index (χ0n) is 20.2. The van der Waals surface area contributed by atoms with E-state index in [9.17, 15) is 0 Å². The molecule has 0 saturated heterocycles. The van der Waals surface area contributed by atoms with Gasteiger partial charge >= 0.3 is 0 Å². The molecule has 2 nitrogen and oxygen atoms in total. The first kappa shape index (κ1) is 12.0. The van der Waals surface area contributed by atoms with Crippen LogP contribution in [-0.4, -0.2) is 18.0 Å². The summed E-state index contributed by atoms with van der Waals surface area (Å²) in [5, 5.41) is 1.00. The van der Waals surface area contributed by atoms with Gasteiger partial charge in [0.25, 0.3) is 0 Å². The summed E-state index contributed by atoms with van der Waals surface area (Å²) in [5.74, 6) is 0. The molecular weight excluding hydrogens is 296 g/mol. The van der Waals surface area contributed by atoms with Crippen molar-refractivity contribution in [3.63, 3.8) is 0 Å². The Morgan fingerprint density at radius 3 is 2.43 bits per heavy atom. The van der Waals surface area contributed by atoms with Gasteiger partial charge in [0.2, 0.25) is 0 Å². The Morgan fingerprint density at radius 2 is 1.91 bits per heavy atom. The van der Waals surface area contributed by atoms with E-state index in [2.05, 4.69) is 29.6 Å². The largest absolute Gasteiger partial charge is 0.258 e. The minimum absolute atomic E-state index is 0.0534. The zero-order chi connectivity index (χ0) is 21.7. The van der Waals surface area contributed by atoms with Gasteiger partial charge in [0.1, 0.15) is 0 Å². The lowest BCUT2D eigenvalue weighted by Crippen LogP contribution is -2.41. The molecule has 2 aromatic heterocycles. The van der Waals surface area contributed by atoms with E-state index < -0.39 is 26.7 Å². The highest BCUT2D eigenvalue weighted by molar-refractivity contribution is 6.89. The second-order valence-electron chi connectivity index (χ2n) is 8.07. The van der Waals surface area contributed by atoms with Crippen molar-refractivity contribution in [1.82, 2.24) is 9.97 Å². The molecule has 2 heterocycles. The van der Waals surface area contributed by atoms with Gasteiger partial charge < -0.3 is 0 Å². The van der Waals surface area contributed by atoms with Gasteiger partial charge in [0.15, 0.2) is 0 Å². The van der Waals surface area contributed by atoms with Gasteiger partial charge in [-0.15, -0.1) is 0 Å². The number of rotatable bonds is 3. The van der Waals surface area contributed by atoms with Crippen LogP contribution in [0.5, 0.6) is 0 Å². The zero-order valence-corrected chi connectivity index (χ0v) is 16.2. The van der Waals surface area contributed by atoms with Gasteiger partial charge in [-0.2, -0.15) is 0 Å². The Labute approximate surface area is 149 Å². The molecule has 0 radical (unpaired) electrons. The molecule has 0 aliphatic heterocycles. The second kappa shape index (κ2) is 6.20. The van der Waals surface area contributed by atoms with Crippen LogP contribution in [0.4, 0.5) is 0 Å². The highest BCUT2D eigenvalue weighted by Crippen LogP contribution is 2.26. The maximum absolute atomic E-state index is 8.84. The Morgan fingerprint density at radius 1 is 1.22 bits per heavy atom. The van der Waals surface area contributed by atoms with Crippen LogP contribution < -0.4 is 5.19 Å². The number of nitrogens with zero attached hydrogens (tertiary/aromatic N) is 2. The van der Waals surface area contributed by atoms with Crippen LogP contribution in [0.1, 0.15) is 44.6 Å². The quantitative estimate of drug-likeness (QED) is 0.748. The summed E-state index contributed by atoms with van der Waals surface area (Å²) in [6, 6.07) is 5.05. The van der Waals surface area contributed by atoms with Crippen molar-refractivity contribution < 1.29 is 6.85 Å². The van der Waals surface area contributed by atoms with E-state index in [0.29, 0.717) is 17.0 Å². The summed E-state index contributed by atoms with van der Waals surface area (Å²) in [6.45, 7) is 11.8. The standard InChI is InChI=1S/C20H30N2Si/c1-14-9-10-17(15(2)22-14)18-11-16(12-20(3,4)5)19(13-21-18)23(6,7)8/h9-11,13H,12H2,1-8H3/i1D3,12D2. The average molecular weight is 332 g/mol. The van der Waals surface area contributed by atoms with Gasteiger partial charge in [-0.05, 0) is 54.5 Å². The molecule has 0 saturated carbocycles. The first-order chi connectivity index (χ1) is 12.5. The SMILES string of the molecule is [2H]C([2H])([2H])c1ccc(-c2cc(C([2H])([2H])C(C)(C)C)c([Si](C)(C)C)cn2)c(C)n1. The summed E-state index contributed by atoms with van der Waals surface area (Å²) in [5.41, 5.74) is 2.05. The Balaban J connectivity index is 2.71. The molecule has 0 unspecified atom stereocenters. The smallest absolute Gasteiger partial charge is 0.0799 e. The lowest BCUT2D eigenvalue weighted by Gasteiger charge is -2.26. The minimum atomic E-state index is -2.26. The van der Waals surface area contributed by atoms with Crippen molar-refractivity contribution in [3.8, 4) is 11.3 Å². The van der Waals surface area contributed by atoms with Crippen LogP contribution in [0.3, 0.4) is 0 Å². The maximum atomic E-state index is 8.84. The third-order valence-electron chi connectivity index (χ3n) is 3.58. The summed E-state index contributed by atoms with van der Waals surface area (Å²) in [4.78, 5) is 8.86. The van der Waals surface area contributed by atoms with E-state index in [1.165, 1.54) is 6.07 Å². The van der Waals surface area contributed by atoms with Crippen molar-refractivity contribution in [2.45, 2.75) is 60.6 Å². The topological polar surface area (TPSA) is 25.8 Å². The van der Waals surface area contributed by atoms with E-state index in [4.69, 9.17) is 6.85 Å². The molecule has 124 valence electrons. The van der Waals surface area contributed by atoms with Crippen molar-refractivity contribution in [2.75, 3.05) is 0 Å². The predicted molar refractivity (Wildman–Crippen MR) is 103 cm³/mol. The monoisotopic (exact) mass is 331 g/mol. The fourth-order valence-corrected chi connectivity index (χ4v) is 3.93. The summed E-state index contributed by atoms with van der Waals surface area (Å²) in [7, 11) is -1.83. The number of aryl methyl sites for hydroxylation is 2. The molecule has 23 heavy (non-hydrogen) atoms. The highest BCUT2D eigenvalue weighted by Gasteiger charge is 2.24. The van der Waals surface area contributed by atoms with E-state index in [1.54, 1.807) is 19.2 Å². The molecule has 0 amide bonds. The second-order valence-corrected chi connectivity index (χ2v) is 13.1. The van der Waals surface area contributed by atoms with E-state index in [1.807, 2.05) is 26.8 Å². The molecule has 0 bridgehead atoms. The van der Waals surface area contributed by atoms with E-state index in [0.717, 1.165) is 10.8 Å². The molecular formula is C20H30N2Si. The lowest BCUT2D eigenvalue weighted by molar-refractivity contribution is 0.412. The molecule has 2 aromatic rings. The van der Waals surface area contributed by atoms with Gasteiger partial charge in [0, 0.05) is 30.0 Å². The van der Waals surface area contributed by atoms with Crippen LogP contribution in [0.15, 0.2) is 24.4 Å². The summed E-state index contributed by atoms with van der Waals surface area (Å²) < 4.78 is 40.3. The molecule has 0 aliphatic rings. The molecule has 3 heteroatoms. The number of pyridine rings is 2. The molecule has 0 aromatic carbocycles. The van der Waals surface area contributed by atoms with E-state index >= 15 is 0 Å². The number of hydrogen-bond donors (Lipinski definition) is 0. The molecule has 0 aliphatic carbocycles. The Kier molecular flexibility index (Phi) is 3.22. The van der Waals surface area contributed by atoms with Crippen LogP contribution in [0, 0.1) is 19.2 Å².